The van der Waals surface area contributed by atoms with E-state index in [4.69, 9.17) is 4.74 Å². The molecule has 0 aliphatic carbocycles. The highest BCUT2D eigenvalue weighted by Gasteiger charge is 2.33. The number of carbonyl (C=O) groups excluding carboxylic acids is 3. The van der Waals surface area contributed by atoms with Gasteiger partial charge in [0.15, 0.2) is 0 Å². The lowest BCUT2D eigenvalue weighted by atomic mass is 9.71. The van der Waals surface area contributed by atoms with Crippen molar-refractivity contribution < 1.29 is 29.0 Å². The second-order valence-electron chi connectivity index (χ2n) is 8.50. The Hall–Kier alpha value is -3.28. The summed E-state index contributed by atoms with van der Waals surface area (Å²) >= 11 is 0. The quantitative estimate of drug-likeness (QED) is 0.439. The standard InChI is InChI=1S/C27H32O6/c1-18(28)22(16-26(30)31)14-24(20-10-6-4-7-11-20)25(21-12-8-5-9-13-21)15-23(19(2)29)17-27(32)33-3/h4-13,22-25H,14-17H2,1-3H3,(H,30,31). The molecule has 2 aromatic rings. The van der Waals surface area contributed by atoms with E-state index in [2.05, 4.69) is 0 Å². The van der Waals surface area contributed by atoms with E-state index in [0.29, 0.717) is 12.8 Å². The summed E-state index contributed by atoms with van der Waals surface area (Å²) in [4.78, 5) is 48.2. The zero-order valence-electron chi connectivity index (χ0n) is 19.4. The third kappa shape index (κ3) is 7.97. The van der Waals surface area contributed by atoms with Gasteiger partial charge in [-0.15, -0.1) is 0 Å². The van der Waals surface area contributed by atoms with Gasteiger partial charge in [0.2, 0.25) is 0 Å². The molecule has 2 aromatic carbocycles. The number of carboxylic acid groups (broad SMARTS) is 1. The van der Waals surface area contributed by atoms with E-state index in [1.807, 2.05) is 60.7 Å². The van der Waals surface area contributed by atoms with Crippen LogP contribution in [0.3, 0.4) is 0 Å². The van der Waals surface area contributed by atoms with Gasteiger partial charge in [-0.2, -0.15) is 0 Å². The van der Waals surface area contributed by atoms with Crippen LogP contribution in [0.5, 0.6) is 0 Å². The Morgan fingerprint density at radius 2 is 1.12 bits per heavy atom. The SMILES string of the molecule is COC(=O)CC(CC(c1ccccc1)C(CC(CC(=O)O)C(C)=O)c1ccccc1)C(C)=O. The molecule has 176 valence electrons. The molecule has 0 bridgehead atoms. The van der Waals surface area contributed by atoms with Crippen molar-refractivity contribution in [3.63, 3.8) is 0 Å². The third-order valence-corrected chi connectivity index (χ3v) is 6.23. The summed E-state index contributed by atoms with van der Waals surface area (Å²) in [5, 5.41) is 9.37. The predicted octanol–water partition coefficient (Wildman–Crippen LogP) is 4.78. The molecule has 4 unspecified atom stereocenters. The molecular formula is C27H32O6. The second-order valence-corrected chi connectivity index (χ2v) is 8.50. The first-order valence-corrected chi connectivity index (χ1v) is 11.1. The summed E-state index contributed by atoms with van der Waals surface area (Å²) in [6, 6.07) is 19.3. The van der Waals surface area contributed by atoms with Gasteiger partial charge < -0.3 is 9.84 Å². The highest BCUT2D eigenvalue weighted by Crippen LogP contribution is 2.43. The lowest BCUT2D eigenvalue weighted by Gasteiger charge is -2.32. The molecule has 0 fully saturated rings. The first-order valence-electron chi connectivity index (χ1n) is 11.1. The van der Waals surface area contributed by atoms with Crippen molar-refractivity contribution in [2.75, 3.05) is 7.11 Å². The zero-order valence-corrected chi connectivity index (χ0v) is 19.4. The zero-order chi connectivity index (χ0) is 24.4. The van der Waals surface area contributed by atoms with Crippen molar-refractivity contribution in [2.24, 2.45) is 11.8 Å². The van der Waals surface area contributed by atoms with Crippen LogP contribution in [0.15, 0.2) is 60.7 Å². The van der Waals surface area contributed by atoms with Crippen molar-refractivity contribution in [3.05, 3.63) is 71.8 Å². The number of esters is 1. The number of ketones is 2. The fourth-order valence-electron chi connectivity index (χ4n) is 4.36. The molecule has 0 radical (unpaired) electrons. The largest absolute Gasteiger partial charge is 0.481 e. The fourth-order valence-corrected chi connectivity index (χ4v) is 4.36. The van der Waals surface area contributed by atoms with Crippen LogP contribution in [0.25, 0.3) is 0 Å². The van der Waals surface area contributed by atoms with Crippen molar-refractivity contribution >= 4 is 23.5 Å². The molecule has 4 atom stereocenters. The number of ether oxygens (including phenoxy) is 1. The molecule has 0 heterocycles. The van der Waals surface area contributed by atoms with Crippen LogP contribution < -0.4 is 0 Å². The van der Waals surface area contributed by atoms with Crippen molar-refractivity contribution in [1.82, 2.24) is 0 Å². The van der Waals surface area contributed by atoms with Crippen molar-refractivity contribution in [1.29, 1.82) is 0 Å². The number of Topliss-reactive ketones (excluding diaryl/α,β-unsaturated/α-hetero) is 2. The highest BCUT2D eigenvalue weighted by molar-refractivity contribution is 5.84. The monoisotopic (exact) mass is 452 g/mol. The average Bonchev–Trinajstić information content (AvgIpc) is 2.80. The summed E-state index contributed by atoms with van der Waals surface area (Å²) in [5.41, 5.74) is 1.93. The lowest BCUT2D eigenvalue weighted by molar-refractivity contribution is -0.143. The maximum absolute atomic E-state index is 12.5. The predicted molar refractivity (Wildman–Crippen MR) is 125 cm³/mol. The first kappa shape index (κ1) is 26.0. The van der Waals surface area contributed by atoms with E-state index >= 15 is 0 Å². The molecular weight excluding hydrogens is 420 g/mol. The van der Waals surface area contributed by atoms with E-state index in [0.717, 1.165) is 11.1 Å². The summed E-state index contributed by atoms with van der Waals surface area (Å²) in [5.74, 6) is -3.40. The Kier molecular flexibility index (Phi) is 9.98. The van der Waals surface area contributed by atoms with Crippen LogP contribution in [0, 0.1) is 11.8 Å². The number of rotatable bonds is 13. The van der Waals surface area contributed by atoms with E-state index < -0.39 is 23.8 Å². The molecule has 6 heteroatoms. The molecule has 0 spiro atoms. The Bertz CT molecular complexity index is 938. The Balaban J connectivity index is 2.54. The van der Waals surface area contributed by atoms with Crippen molar-refractivity contribution in [2.45, 2.75) is 51.4 Å². The van der Waals surface area contributed by atoms with Gasteiger partial charge in [0.1, 0.15) is 11.6 Å². The molecule has 0 aromatic heterocycles. The number of benzene rings is 2. The number of methoxy groups -OCH3 is 1. The van der Waals surface area contributed by atoms with Crippen LogP contribution in [-0.4, -0.2) is 35.7 Å². The van der Waals surface area contributed by atoms with Gasteiger partial charge in [-0.25, -0.2) is 0 Å². The minimum Gasteiger partial charge on any atom is -0.481 e. The normalized spacial score (nSPS) is 14.5. The van der Waals surface area contributed by atoms with Crippen LogP contribution in [0.2, 0.25) is 0 Å². The van der Waals surface area contributed by atoms with E-state index in [1.165, 1.54) is 21.0 Å². The summed E-state index contributed by atoms with van der Waals surface area (Å²) < 4.78 is 4.80. The smallest absolute Gasteiger partial charge is 0.306 e. The van der Waals surface area contributed by atoms with Crippen molar-refractivity contribution in [3.8, 4) is 0 Å². The number of hydrogen-bond acceptors (Lipinski definition) is 5. The minimum atomic E-state index is -1.02. The fraction of sp³-hybridized carbons (Fsp3) is 0.407. The van der Waals surface area contributed by atoms with Gasteiger partial charge in [0.25, 0.3) is 0 Å². The molecule has 0 amide bonds. The number of hydrogen-bond donors (Lipinski definition) is 1. The maximum Gasteiger partial charge on any atom is 0.306 e. The number of aliphatic carboxylic acids is 1. The topological polar surface area (TPSA) is 97.7 Å². The third-order valence-electron chi connectivity index (χ3n) is 6.23. The van der Waals surface area contributed by atoms with Gasteiger partial charge >= 0.3 is 11.9 Å². The second kappa shape index (κ2) is 12.7. The number of carboxylic acids is 1. The molecule has 0 saturated carbocycles. The Morgan fingerprint density at radius 1 is 0.727 bits per heavy atom. The van der Waals surface area contributed by atoms with Gasteiger partial charge in [0.05, 0.1) is 20.0 Å². The molecule has 0 aliphatic rings. The lowest BCUT2D eigenvalue weighted by Crippen LogP contribution is -2.26. The van der Waals surface area contributed by atoms with Gasteiger partial charge in [-0.1, -0.05) is 60.7 Å². The summed E-state index contributed by atoms with van der Waals surface area (Å²) in [6.45, 7) is 2.89. The van der Waals surface area contributed by atoms with Gasteiger partial charge in [0, 0.05) is 11.8 Å². The van der Waals surface area contributed by atoms with Crippen LogP contribution in [0.4, 0.5) is 0 Å². The maximum atomic E-state index is 12.5. The molecule has 2 rings (SSSR count). The highest BCUT2D eigenvalue weighted by atomic mass is 16.5. The van der Waals surface area contributed by atoms with Crippen LogP contribution in [-0.2, 0) is 23.9 Å². The van der Waals surface area contributed by atoms with Crippen LogP contribution >= 0.6 is 0 Å². The van der Waals surface area contributed by atoms with E-state index in [1.54, 1.807) is 0 Å². The van der Waals surface area contributed by atoms with Gasteiger partial charge in [-0.3, -0.25) is 19.2 Å². The summed E-state index contributed by atoms with van der Waals surface area (Å²) in [7, 11) is 1.30. The molecule has 33 heavy (non-hydrogen) atoms. The van der Waals surface area contributed by atoms with Crippen LogP contribution in [0.1, 0.15) is 62.5 Å². The summed E-state index contributed by atoms with van der Waals surface area (Å²) in [6.07, 6.45) is 0.431. The Labute approximate surface area is 195 Å². The molecule has 0 aliphatic heterocycles. The first-order chi connectivity index (χ1) is 15.7. The molecule has 6 nitrogen and oxygen atoms in total. The average molecular weight is 453 g/mol. The molecule has 0 saturated heterocycles. The minimum absolute atomic E-state index is 0.0259. The van der Waals surface area contributed by atoms with E-state index in [9.17, 15) is 24.3 Å². The van der Waals surface area contributed by atoms with E-state index in [-0.39, 0.29) is 36.2 Å². The van der Waals surface area contributed by atoms with Gasteiger partial charge in [-0.05, 0) is 49.7 Å². The Morgan fingerprint density at radius 3 is 1.45 bits per heavy atom. The molecule has 1 N–H and O–H groups in total. The number of carbonyl (C=O) groups is 4.